The summed E-state index contributed by atoms with van der Waals surface area (Å²) in [5, 5.41) is 2.00. The number of nitrogen functional groups attached to an aromatic ring is 1. The average Bonchev–Trinajstić information content (AvgIpc) is 2.87. The molecule has 0 atom stereocenters. The number of fused-ring (bicyclic) bond motifs is 1. The van der Waals surface area contributed by atoms with Crippen LogP contribution in [0.15, 0.2) is 32.5 Å². The number of anilines is 1. The van der Waals surface area contributed by atoms with E-state index in [1.165, 1.54) is 6.07 Å². The van der Waals surface area contributed by atoms with Gasteiger partial charge in [-0.1, -0.05) is 0 Å². The van der Waals surface area contributed by atoms with Gasteiger partial charge in [-0.05, 0) is 44.0 Å². The minimum Gasteiger partial charge on any atom is -0.369 e. The van der Waals surface area contributed by atoms with Crippen molar-refractivity contribution in [1.82, 2.24) is 9.55 Å². The topological polar surface area (TPSA) is 43.8 Å². The van der Waals surface area contributed by atoms with Crippen LogP contribution < -0.4 is 5.73 Å². The van der Waals surface area contributed by atoms with Crippen LogP contribution in [0.4, 0.5) is 10.3 Å². The molecule has 1 aromatic carbocycles. The third-order valence-corrected chi connectivity index (χ3v) is 5.05. The van der Waals surface area contributed by atoms with E-state index in [0.29, 0.717) is 28.0 Å². The lowest BCUT2D eigenvalue weighted by atomic mass is 10.3. The van der Waals surface area contributed by atoms with Crippen LogP contribution in [0, 0.1) is 5.82 Å². The van der Waals surface area contributed by atoms with Crippen LogP contribution in [0.2, 0.25) is 0 Å². The summed E-state index contributed by atoms with van der Waals surface area (Å²) in [6.07, 6.45) is 0. The van der Waals surface area contributed by atoms with Crippen molar-refractivity contribution in [1.29, 1.82) is 0 Å². The Balaban J connectivity index is 2.12. The number of hydrogen-bond donors (Lipinski definition) is 1. The molecule has 3 rings (SSSR count). The first-order valence-corrected chi connectivity index (χ1v) is 7.85. The van der Waals surface area contributed by atoms with E-state index in [1.54, 1.807) is 17.4 Å². The Hall–Kier alpha value is -0.920. The first kappa shape index (κ1) is 13.1. The van der Waals surface area contributed by atoms with Gasteiger partial charge in [-0.2, -0.15) is 0 Å². The molecule has 0 radical (unpaired) electrons. The molecule has 98 valence electrons. The monoisotopic (exact) mass is 403 g/mol. The van der Waals surface area contributed by atoms with Gasteiger partial charge < -0.3 is 10.3 Å². The van der Waals surface area contributed by atoms with Gasteiger partial charge in [0, 0.05) is 20.8 Å². The van der Waals surface area contributed by atoms with E-state index in [9.17, 15) is 4.39 Å². The molecule has 3 nitrogen and oxygen atoms in total. The second-order valence-electron chi connectivity index (χ2n) is 4.04. The standard InChI is InChI=1S/C12H8Br2FN3S/c13-6-1-7(19-5-6)4-18-11-3-9(15)8(14)2-10(11)17-12(18)16/h1-3,5H,4H2,(H2,16,17). The number of aromatic nitrogens is 2. The van der Waals surface area contributed by atoms with Crippen LogP contribution in [-0.4, -0.2) is 9.55 Å². The largest absolute Gasteiger partial charge is 0.369 e. The predicted molar refractivity (Wildman–Crippen MR) is 82.9 cm³/mol. The van der Waals surface area contributed by atoms with Crippen molar-refractivity contribution in [2.75, 3.05) is 5.73 Å². The third-order valence-electron chi connectivity index (χ3n) is 2.76. The molecule has 0 saturated heterocycles. The maximum absolute atomic E-state index is 13.6. The SMILES string of the molecule is Nc1nc2cc(Br)c(F)cc2n1Cc1cc(Br)cs1. The molecule has 0 aliphatic rings. The van der Waals surface area contributed by atoms with Crippen LogP contribution in [0.1, 0.15) is 4.88 Å². The molecule has 2 heterocycles. The van der Waals surface area contributed by atoms with Crippen molar-refractivity contribution in [2.24, 2.45) is 0 Å². The van der Waals surface area contributed by atoms with E-state index in [1.807, 2.05) is 16.0 Å². The van der Waals surface area contributed by atoms with Crippen LogP contribution in [0.3, 0.4) is 0 Å². The molecule has 2 N–H and O–H groups in total. The second kappa shape index (κ2) is 4.88. The molecule has 0 fully saturated rings. The first-order chi connectivity index (χ1) is 9.04. The second-order valence-corrected chi connectivity index (χ2v) is 6.81. The van der Waals surface area contributed by atoms with E-state index in [0.717, 1.165) is 9.35 Å². The van der Waals surface area contributed by atoms with Gasteiger partial charge in [-0.25, -0.2) is 9.37 Å². The molecular formula is C12H8Br2FN3S. The lowest BCUT2D eigenvalue weighted by Crippen LogP contribution is -2.03. The number of benzene rings is 1. The molecule has 0 amide bonds. The Morgan fingerprint density at radius 3 is 2.79 bits per heavy atom. The number of halogens is 3. The highest BCUT2D eigenvalue weighted by atomic mass is 79.9. The molecule has 2 aromatic heterocycles. The maximum Gasteiger partial charge on any atom is 0.201 e. The van der Waals surface area contributed by atoms with Crippen molar-refractivity contribution >= 4 is 60.2 Å². The van der Waals surface area contributed by atoms with E-state index >= 15 is 0 Å². The summed E-state index contributed by atoms with van der Waals surface area (Å²) in [5.41, 5.74) is 7.29. The summed E-state index contributed by atoms with van der Waals surface area (Å²) >= 11 is 8.18. The molecule has 0 aliphatic heterocycles. The Kier molecular flexibility index (Phi) is 3.36. The van der Waals surface area contributed by atoms with Gasteiger partial charge in [0.1, 0.15) is 5.82 Å². The zero-order valence-corrected chi connectivity index (χ0v) is 13.5. The summed E-state index contributed by atoms with van der Waals surface area (Å²) in [6, 6.07) is 5.11. The van der Waals surface area contributed by atoms with E-state index < -0.39 is 0 Å². The minimum atomic E-state index is -0.319. The van der Waals surface area contributed by atoms with Gasteiger partial charge in [-0.15, -0.1) is 11.3 Å². The number of thiophene rings is 1. The maximum atomic E-state index is 13.6. The molecule has 0 aliphatic carbocycles. The lowest BCUT2D eigenvalue weighted by Gasteiger charge is -2.04. The van der Waals surface area contributed by atoms with Crippen LogP contribution >= 0.6 is 43.2 Å². The molecule has 0 unspecified atom stereocenters. The fourth-order valence-corrected chi connectivity index (χ4v) is 3.67. The van der Waals surface area contributed by atoms with Gasteiger partial charge in [0.05, 0.1) is 22.1 Å². The van der Waals surface area contributed by atoms with Gasteiger partial charge in [-0.3, -0.25) is 0 Å². The smallest absolute Gasteiger partial charge is 0.201 e. The Morgan fingerprint density at radius 1 is 1.32 bits per heavy atom. The molecule has 0 saturated carbocycles. The van der Waals surface area contributed by atoms with E-state index in [2.05, 4.69) is 36.8 Å². The highest BCUT2D eigenvalue weighted by Crippen LogP contribution is 2.27. The van der Waals surface area contributed by atoms with Gasteiger partial charge in [0.15, 0.2) is 0 Å². The fourth-order valence-electron chi connectivity index (χ4n) is 1.90. The van der Waals surface area contributed by atoms with Crippen molar-refractivity contribution in [3.63, 3.8) is 0 Å². The summed E-state index contributed by atoms with van der Waals surface area (Å²) in [6.45, 7) is 0.583. The Bertz CT molecular complexity index is 766. The Labute approximate surface area is 129 Å². The van der Waals surface area contributed by atoms with E-state index in [-0.39, 0.29) is 5.82 Å². The zero-order valence-electron chi connectivity index (χ0n) is 9.53. The van der Waals surface area contributed by atoms with Crippen molar-refractivity contribution < 1.29 is 4.39 Å². The number of nitrogens with zero attached hydrogens (tertiary/aromatic N) is 2. The quantitative estimate of drug-likeness (QED) is 0.688. The number of hydrogen-bond acceptors (Lipinski definition) is 3. The first-order valence-electron chi connectivity index (χ1n) is 5.38. The van der Waals surface area contributed by atoms with E-state index in [4.69, 9.17) is 5.73 Å². The van der Waals surface area contributed by atoms with Gasteiger partial charge in [0.2, 0.25) is 5.95 Å². The molecule has 0 bridgehead atoms. The predicted octanol–water partition coefficient (Wildman–Crippen LogP) is 4.39. The van der Waals surface area contributed by atoms with Gasteiger partial charge >= 0.3 is 0 Å². The van der Waals surface area contributed by atoms with Crippen LogP contribution in [0.5, 0.6) is 0 Å². The van der Waals surface area contributed by atoms with Crippen molar-refractivity contribution in [3.8, 4) is 0 Å². The van der Waals surface area contributed by atoms with Crippen LogP contribution in [0.25, 0.3) is 11.0 Å². The van der Waals surface area contributed by atoms with Crippen molar-refractivity contribution in [3.05, 3.63) is 43.2 Å². The third kappa shape index (κ3) is 2.42. The lowest BCUT2D eigenvalue weighted by molar-refractivity contribution is 0.622. The van der Waals surface area contributed by atoms with Crippen LogP contribution in [-0.2, 0) is 6.54 Å². The number of nitrogens with two attached hydrogens (primary N) is 1. The van der Waals surface area contributed by atoms with Crippen molar-refractivity contribution in [2.45, 2.75) is 6.54 Å². The summed E-state index contributed by atoms with van der Waals surface area (Å²) in [4.78, 5) is 5.38. The zero-order chi connectivity index (χ0) is 13.6. The van der Waals surface area contributed by atoms with Gasteiger partial charge in [0.25, 0.3) is 0 Å². The average molecular weight is 405 g/mol. The number of imidazole rings is 1. The molecule has 7 heteroatoms. The molecule has 19 heavy (non-hydrogen) atoms. The summed E-state index contributed by atoms with van der Waals surface area (Å²) in [5.74, 6) is 0.0676. The summed E-state index contributed by atoms with van der Waals surface area (Å²) in [7, 11) is 0. The normalized spacial score (nSPS) is 11.3. The fraction of sp³-hybridized carbons (Fsp3) is 0.0833. The molecular weight excluding hydrogens is 397 g/mol. The highest BCUT2D eigenvalue weighted by Gasteiger charge is 2.12. The minimum absolute atomic E-state index is 0.319. The summed E-state index contributed by atoms with van der Waals surface area (Å²) < 4.78 is 16.9. The number of rotatable bonds is 2. The molecule has 0 spiro atoms. The Morgan fingerprint density at radius 2 is 2.11 bits per heavy atom. The molecule has 3 aromatic rings. The highest BCUT2D eigenvalue weighted by molar-refractivity contribution is 9.10.